The van der Waals surface area contributed by atoms with Crippen molar-refractivity contribution in [3.05, 3.63) is 29.8 Å². The molecular weight excluding hydrogens is 378 g/mol. The number of nitrogens with zero attached hydrogens (tertiary/aromatic N) is 1. The van der Waals surface area contributed by atoms with Crippen LogP contribution in [0.15, 0.2) is 24.3 Å². The average Bonchev–Trinajstić information content (AvgIpc) is 2.61. The Morgan fingerprint density at radius 3 is 2.30 bits per heavy atom. The van der Waals surface area contributed by atoms with Crippen molar-refractivity contribution in [3.8, 4) is 11.5 Å². The van der Waals surface area contributed by atoms with Crippen LogP contribution in [-0.4, -0.2) is 68.8 Å². The molecule has 0 spiro atoms. The summed E-state index contributed by atoms with van der Waals surface area (Å²) >= 11 is 0. The molecule has 3 aliphatic rings. The zero-order valence-electron chi connectivity index (χ0n) is 14.1. The second-order valence-electron chi connectivity index (χ2n) is 6.78. The molecule has 1 aromatic carbocycles. The molecule has 0 radical (unpaired) electrons. The molecular formula is C17H19NO8S. The van der Waals surface area contributed by atoms with E-state index >= 15 is 0 Å². The van der Waals surface area contributed by atoms with Gasteiger partial charge in [0, 0.05) is 13.1 Å². The summed E-state index contributed by atoms with van der Waals surface area (Å²) in [6, 6.07) is 3.75. The first kappa shape index (κ1) is 19.3. The molecule has 3 aliphatic heterocycles. The minimum absolute atomic E-state index is 0.239. The summed E-state index contributed by atoms with van der Waals surface area (Å²) in [6.45, 7) is 0.477. The SMILES string of the molecule is O=C(O)C1(C(=O)/C=C/c2ccc(O)c(O)c2)C(S(=O)(=O)O)C2CCN1CC2. The van der Waals surface area contributed by atoms with Gasteiger partial charge in [0.05, 0.1) is 0 Å². The molecule has 4 rings (SSSR count). The van der Waals surface area contributed by atoms with Crippen molar-refractivity contribution in [1.29, 1.82) is 0 Å². The Labute approximate surface area is 155 Å². The number of ketones is 1. The zero-order chi connectivity index (χ0) is 20.0. The Kier molecular flexibility index (Phi) is 4.74. The Morgan fingerprint density at radius 1 is 1.15 bits per heavy atom. The van der Waals surface area contributed by atoms with E-state index in [-0.39, 0.29) is 18.8 Å². The van der Waals surface area contributed by atoms with Gasteiger partial charge in [-0.05, 0) is 42.5 Å². The van der Waals surface area contributed by atoms with Crippen molar-refractivity contribution < 1.29 is 37.9 Å². The number of aliphatic carboxylic acids is 1. The van der Waals surface area contributed by atoms with E-state index in [0.717, 1.165) is 6.08 Å². The van der Waals surface area contributed by atoms with E-state index in [0.29, 0.717) is 18.4 Å². The van der Waals surface area contributed by atoms with Gasteiger partial charge in [-0.1, -0.05) is 12.1 Å². The summed E-state index contributed by atoms with van der Waals surface area (Å²) in [5, 5.41) is 26.9. The molecule has 146 valence electrons. The van der Waals surface area contributed by atoms with Gasteiger partial charge in [-0.2, -0.15) is 8.42 Å². The molecule has 3 fully saturated rings. The third kappa shape index (κ3) is 3.09. The number of hydrogen-bond donors (Lipinski definition) is 4. The number of carbonyl (C=O) groups is 2. The molecule has 2 unspecified atom stereocenters. The molecule has 3 saturated heterocycles. The van der Waals surface area contributed by atoms with Crippen molar-refractivity contribution in [3.63, 3.8) is 0 Å². The maximum absolute atomic E-state index is 12.9. The van der Waals surface area contributed by atoms with Crippen LogP contribution in [0.4, 0.5) is 0 Å². The average molecular weight is 397 g/mol. The molecule has 4 N–H and O–H groups in total. The highest BCUT2D eigenvalue weighted by molar-refractivity contribution is 7.86. The van der Waals surface area contributed by atoms with Gasteiger partial charge >= 0.3 is 5.97 Å². The minimum atomic E-state index is -4.80. The van der Waals surface area contributed by atoms with Gasteiger partial charge in [-0.25, -0.2) is 4.79 Å². The monoisotopic (exact) mass is 397 g/mol. The summed E-state index contributed by atoms with van der Waals surface area (Å²) in [5.74, 6) is -4.01. The molecule has 2 bridgehead atoms. The highest BCUT2D eigenvalue weighted by atomic mass is 32.2. The van der Waals surface area contributed by atoms with Gasteiger partial charge in [0.15, 0.2) is 17.3 Å². The van der Waals surface area contributed by atoms with Crippen molar-refractivity contribution in [2.75, 3.05) is 13.1 Å². The van der Waals surface area contributed by atoms with Crippen LogP contribution in [0.1, 0.15) is 18.4 Å². The quantitative estimate of drug-likeness (QED) is 0.240. The fraction of sp³-hybridized carbons (Fsp3) is 0.412. The van der Waals surface area contributed by atoms with Gasteiger partial charge < -0.3 is 15.3 Å². The van der Waals surface area contributed by atoms with Gasteiger partial charge in [0.25, 0.3) is 10.1 Å². The van der Waals surface area contributed by atoms with Crippen molar-refractivity contribution in [2.45, 2.75) is 23.6 Å². The lowest BCUT2D eigenvalue weighted by atomic mass is 9.71. The maximum atomic E-state index is 12.9. The number of piperidine rings is 3. The van der Waals surface area contributed by atoms with Crippen LogP contribution < -0.4 is 0 Å². The number of rotatable bonds is 5. The predicted octanol–water partition coefficient (Wildman–Crippen LogP) is 0.485. The summed E-state index contributed by atoms with van der Waals surface area (Å²) in [6.07, 6.45) is 2.90. The van der Waals surface area contributed by atoms with Crippen LogP contribution in [-0.2, 0) is 19.7 Å². The molecule has 0 aliphatic carbocycles. The highest BCUT2D eigenvalue weighted by Gasteiger charge is 2.66. The number of phenolic OH excluding ortho intramolecular Hbond substituents is 2. The van der Waals surface area contributed by atoms with E-state index in [4.69, 9.17) is 0 Å². The van der Waals surface area contributed by atoms with Crippen molar-refractivity contribution >= 4 is 27.9 Å². The summed E-state index contributed by atoms with van der Waals surface area (Å²) < 4.78 is 33.7. The molecule has 0 amide bonds. The third-order valence-corrected chi connectivity index (χ3v) is 6.70. The van der Waals surface area contributed by atoms with E-state index in [1.807, 2.05) is 0 Å². The predicted molar refractivity (Wildman–Crippen MR) is 93.8 cm³/mol. The second kappa shape index (κ2) is 6.63. The normalized spacial score (nSPS) is 30.5. The smallest absolute Gasteiger partial charge is 0.333 e. The first-order chi connectivity index (χ1) is 12.6. The fourth-order valence-corrected chi connectivity index (χ4v) is 5.69. The number of benzene rings is 1. The van der Waals surface area contributed by atoms with Crippen molar-refractivity contribution in [1.82, 2.24) is 4.90 Å². The summed E-state index contributed by atoms with van der Waals surface area (Å²) in [7, 11) is -4.80. The number of fused-ring (bicyclic) bond motifs is 3. The Balaban J connectivity index is 2.05. The lowest BCUT2D eigenvalue weighted by molar-refractivity contribution is -0.164. The van der Waals surface area contributed by atoms with E-state index in [1.165, 1.54) is 29.2 Å². The molecule has 3 heterocycles. The van der Waals surface area contributed by atoms with E-state index in [9.17, 15) is 37.9 Å². The van der Waals surface area contributed by atoms with Crippen LogP contribution in [0.5, 0.6) is 11.5 Å². The first-order valence-electron chi connectivity index (χ1n) is 8.27. The number of hydrogen-bond acceptors (Lipinski definition) is 7. The lowest BCUT2D eigenvalue weighted by Crippen LogP contribution is -2.75. The van der Waals surface area contributed by atoms with Crippen LogP contribution in [0.25, 0.3) is 6.08 Å². The topological polar surface area (TPSA) is 152 Å². The minimum Gasteiger partial charge on any atom is -0.504 e. The van der Waals surface area contributed by atoms with Gasteiger partial charge in [-0.15, -0.1) is 0 Å². The molecule has 1 aromatic rings. The first-order valence-corrected chi connectivity index (χ1v) is 9.78. The lowest BCUT2D eigenvalue weighted by Gasteiger charge is -2.53. The molecule has 27 heavy (non-hydrogen) atoms. The van der Waals surface area contributed by atoms with Crippen LogP contribution in [0.3, 0.4) is 0 Å². The zero-order valence-corrected chi connectivity index (χ0v) is 15.0. The molecule has 9 nitrogen and oxygen atoms in total. The highest BCUT2D eigenvalue weighted by Crippen LogP contribution is 2.44. The summed E-state index contributed by atoms with van der Waals surface area (Å²) in [5.41, 5.74) is -2.09. The molecule has 2 atom stereocenters. The largest absolute Gasteiger partial charge is 0.504 e. The number of carbonyl (C=O) groups excluding carboxylic acids is 1. The maximum Gasteiger partial charge on any atom is 0.333 e. The van der Waals surface area contributed by atoms with Gasteiger partial charge in [0.2, 0.25) is 5.54 Å². The standard InChI is InChI=1S/C17H19NO8S/c19-12-3-1-10(9-13(12)20)2-4-14(21)17(16(22)23)15(27(24,25)26)11-5-7-18(17)8-6-11/h1-4,9,11,15,19-20H,5-8H2,(H,22,23)(H,24,25,26)/b4-2+. The fourth-order valence-electron chi connectivity index (χ4n) is 4.14. The Bertz CT molecular complexity index is 917. The van der Waals surface area contributed by atoms with E-state index in [1.54, 1.807) is 0 Å². The Hall–Kier alpha value is -2.43. The third-order valence-electron chi connectivity index (χ3n) is 5.33. The van der Waals surface area contributed by atoms with Crippen molar-refractivity contribution in [2.24, 2.45) is 5.92 Å². The molecule has 0 aromatic heterocycles. The molecule has 0 saturated carbocycles. The second-order valence-corrected chi connectivity index (χ2v) is 8.32. The van der Waals surface area contributed by atoms with Gasteiger partial charge in [-0.3, -0.25) is 14.2 Å². The van der Waals surface area contributed by atoms with Gasteiger partial charge in [0.1, 0.15) is 5.25 Å². The number of carboxylic acids is 1. The Morgan fingerprint density at radius 2 is 1.78 bits per heavy atom. The number of phenols is 2. The number of aromatic hydroxyl groups is 2. The number of carboxylic acid groups (broad SMARTS) is 1. The van der Waals surface area contributed by atoms with Crippen LogP contribution in [0, 0.1) is 5.92 Å². The van der Waals surface area contributed by atoms with E-state index < -0.39 is 44.3 Å². The summed E-state index contributed by atoms with van der Waals surface area (Å²) in [4.78, 5) is 26.4. The van der Waals surface area contributed by atoms with E-state index in [2.05, 4.69) is 0 Å². The van der Waals surface area contributed by atoms with Crippen LogP contribution >= 0.6 is 0 Å². The molecule has 10 heteroatoms. The van der Waals surface area contributed by atoms with Crippen LogP contribution in [0.2, 0.25) is 0 Å².